The molecule has 4 heteroatoms. The number of hydrogen-bond acceptors (Lipinski definition) is 2. The van der Waals surface area contributed by atoms with E-state index in [-0.39, 0.29) is 6.03 Å². The third-order valence-electron chi connectivity index (χ3n) is 1.18. The molecule has 1 atom stereocenters. The van der Waals surface area contributed by atoms with Crippen molar-refractivity contribution in [2.45, 2.75) is 6.04 Å². The van der Waals surface area contributed by atoms with Crippen molar-refractivity contribution in [3.05, 3.63) is 0 Å². The van der Waals surface area contributed by atoms with Crippen molar-refractivity contribution in [3.8, 4) is 6.07 Å². The Hall–Kier alpha value is -1.37. The SMILES string of the molecule is CN1C(=O)N=CC1C#N. The Labute approximate surface area is 52.4 Å². The van der Waals surface area contributed by atoms with E-state index in [4.69, 9.17) is 5.26 Å². The zero-order chi connectivity index (χ0) is 6.85. The first-order chi connectivity index (χ1) is 4.25. The first-order valence-corrected chi connectivity index (χ1v) is 2.46. The number of amides is 2. The molecule has 0 saturated heterocycles. The van der Waals surface area contributed by atoms with E-state index >= 15 is 0 Å². The Morgan fingerprint density at radius 1 is 2.00 bits per heavy atom. The number of nitriles is 1. The molecule has 9 heavy (non-hydrogen) atoms. The van der Waals surface area contributed by atoms with Crippen LogP contribution in [0.15, 0.2) is 4.99 Å². The quantitative estimate of drug-likeness (QED) is 0.455. The molecule has 0 aliphatic carbocycles. The summed E-state index contributed by atoms with van der Waals surface area (Å²) < 4.78 is 0. The first kappa shape index (κ1) is 5.76. The molecule has 1 unspecified atom stereocenters. The molecule has 0 saturated carbocycles. The number of rotatable bonds is 0. The summed E-state index contributed by atoms with van der Waals surface area (Å²) in [6.45, 7) is 0. The lowest BCUT2D eigenvalue weighted by atomic mass is 10.3. The predicted octanol–water partition coefficient (Wildman–Crippen LogP) is 0.0148. The lowest BCUT2D eigenvalue weighted by Gasteiger charge is -2.08. The van der Waals surface area contributed by atoms with Crippen LogP contribution in [0.4, 0.5) is 4.79 Å². The van der Waals surface area contributed by atoms with Crippen LogP contribution in [0.2, 0.25) is 0 Å². The molecule has 0 aromatic heterocycles. The first-order valence-electron chi connectivity index (χ1n) is 2.46. The molecule has 2 amide bonds. The van der Waals surface area contributed by atoms with Crippen molar-refractivity contribution in [1.82, 2.24) is 4.90 Å². The monoisotopic (exact) mass is 123 g/mol. The number of carbonyl (C=O) groups is 1. The third kappa shape index (κ3) is 0.765. The fourth-order valence-corrected chi connectivity index (χ4v) is 0.564. The lowest BCUT2D eigenvalue weighted by molar-refractivity contribution is 0.224. The summed E-state index contributed by atoms with van der Waals surface area (Å²) in [5, 5.41) is 8.32. The maximum atomic E-state index is 10.5. The fraction of sp³-hybridized carbons (Fsp3) is 0.400. The van der Waals surface area contributed by atoms with Crippen molar-refractivity contribution in [2.24, 2.45) is 4.99 Å². The average Bonchev–Trinajstić information content (AvgIpc) is 2.15. The van der Waals surface area contributed by atoms with Crippen LogP contribution in [0.5, 0.6) is 0 Å². The highest BCUT2D eigenvalue weighted by molar-refractivity contribution is 5.94. The van der Waals surface area contributed by atoms with E-state index in [2.05, 4.69) is 4.99 Å². The van der Waals surface area contributed by atoms with E-state index in [0.29, 0.717) is 0 Å². The Morgan fingerprint density at radius 3 is 2.89 bits per heavy atom. The van der Waals surface area contributed by atoms with Gasteiger partial charge in [0.15, 0.2) is 6.04 Å². The summed E-state index contributed by atoms with van der Waals surface area (Å²) in [5.41, 5.74) is 0. The van der Waals surface area contributed by atoms with E-state index < -0.39 is 6.04 Å². The van der Waals surface area contributed by atoms with Crippen LogP contribution in [-0.4, -0.2) is 30.2 Å². The zero-order valence-electron chi connectivity index (χ0n) is 4.90. The lowest BCUT2D eigenvalue weighted by Crippen LogP contribution is -2.28. The van der Waals surface area contributed by atoms with Gasteiger partial charge in [0, 0.05) is 13.3 Å². The van der Waals surface area contributed by atoms with Gasteiger partial charge in [0.25, 0.3) is 0 Å². The van der Waals surface area contributed by atoms with E-state index in [1.54, 1.807) is 7.05 Å². The molecule has 1 rings (SSSR count). The number of urea groups is 1. The zero-order valence-corrected chi connectivity index (χ0v) is 4.90. The van der Waals surface area contributed by atoms with Crippen LogP contribution in [-0.2, 0) is 0 Å². The second-order valence-corrected chi connectivity index (χ2v) is 1.75. The molecule has 1 heterocycles. The minimum atomic E-state index is -0.461. The standard InChI is InChI=1S/C5H5N3O/c1-8-4(2-6)3-7-5(8)9/h3-4H,1H3. The van der Waals surface area contributed by atoms with Gasteiger partial charge in [-0.1, -0.05) is 0 Å². The van der Waals surface area contributed by atoms with Crippen molar-refractivity contribution in [2.75, 3.05) is 7.05 Å². The summed E-state index contributed by atoms with van der Waals surface area (Å²) in [5.74, 6) is 0. The summed E-state index contributed by atoms with van der Waals surface area (Å²) in [7, 11) is 1.54. The van der Waals surface area contributed by atoms with Gasteiger partial charge in [-0.25, -0.2) is 9.79 Å². The molecule has 1 aliphatic heterocycles. The Kier molecular flexibility index (Phi) is 1.19. The second-order valence-electron chi connectivity index (χ2n) is 1.75. The molecule has 0 aromatic carbocycles. The van der Waals surface area contributed by atoms with Crippen LogP contribution < -0.4 is 0 Å². The number of aliphatic imine (C=N–C) groups is 1. The minimum Gasteiger partial charge on any atom is -0.305 e. The Balaban J connectivity index is 2.76. The largest absolute Gasteiger partial charge is 0.344 e. The van der Waals surface area contributed by atoms with Gasteiger partial charge in [-0.2, -0.15) is 5.26 Å². The molecule has 46 valence electrons. The molecule has 0 radical (unpaired) electrons. The molecule has 4 nitrogen and oxygen atoms in total. The maximum absolute atomic E-state index is 10.5. The third-order valence-corrected chi connectivity index (χ3v) is 1.18. The van der Waals surface area contributed by atoms with Crippen LogP contribution >= 0.6 is 0 Å². The Morgan fingerprint density at radius 2 is 2.67 bits per heavy atom. The molecule has 0 spiro atoms. The number of carbonyl (C=O) groups excluding carboxylic acids is 1. The van der Waals surface area contributed by atoms with Crippen molar-refractivity contribution < 1.29 is 4.79 Å². The van der Waals surface area contributed by atoms with Gasteiger partial charge in [-0.15, -0.1) is 0 Å². The highest BCUT2D eigenvalue weighted by Gasteiger charge is 2.22. The summed E-state index contributed by atoms with van der Waals surface area (Å²) in [6, 6.07) is 1.09. The summed E-state index contributed by atoms with van der Waals surface area (Å²) >= 11 is 0. The van der Waals surface area contributed by atoms with Crippen molar-refractivity contribution in [3.63, 3.8) is 0 Å². The molecule has 0 bridgehead atoms. The van der Waals surface area contributed by atoms with Crippen LogP contribution in [0.25, 0.3) is 0 Å². The highest BCUT2D eigenvalue weighted by Crippen LogP contribution is 2.02. The van der Waals surface area contributed by atoms with E-state index in [9.17, 15) is 4.79 Å². The minimum absolute atomic E-state index is 0.346. The maximum Gasteiger partial charge on any atom is 0.344 e. The van der Waals surface area contributed by atoms with Gasteiger partial charge >= 0.3 is 6.03 Å². The van der Waals surface area contributed by atoms with Gasteiger partial charge < -0.3 is 4.90 Å². The van der Waals surface area contributed by atoms with Gasteiger partial charge in [-0.3, -0.25) is 0 Å². The van der Waals surface area contributed by atoms with Crippen molar-refractivity contribution in [1.29, 1.82) is 5.26 Å². The fourth-order valence-electron chi connectivity index (χ4n) is 0.564. The van der Waals surface area contributed by atoms with Gasteiger partial charge in [0.1, 0.15) is 0 Å². The topological polar surface area (TPSA) is 56.5 Å². The molecular formula is C5H5N3O. The van der Waals surface area contributed by atoms with Crippen molar-refractivity contribution >= 4 is 12.2 Å². The molecule has 0 fully saturated rings. The van der Waals surface area contributed by atoms with Crippen LogP contribution in [0.3, 0.4) is 0 Å². The summed E-state index contributed by atoms with van der Waals surface area (Å²) in [6.07, 6.45) is 1.34. The second kappa shape index (κ2) is 1.86. The van der Waals surface area contributed by atoms with Gasteiger partial charge in [-0.05, 0) is 0 Å². The normalized spacial score (nSPS) is 24.7. The van der Waals surface area contributed by atoms with E-state index in [1.165, 1.54) is 11.1 Å². The molecular weight excluding hydrogens is 118 g/mol. The summed E-state index contributed by atoms with van der Waals surface area (Å²) in [4.78, 5) is 15.2. The van der Waals surface area contributed by atoms with E-state index in [0.717, 1.165) is 0 Å². The van der Waals surface area contributed by atoms with Crippen LogP contribution in [0, 0.1) is 11.3 Å². The highest BCUT2D eigenvalue weighted by atomic mass is 16.2. The Bertz CT molecular complexity index is 203. The molecule has 1 aliphatic rings. The van der Waals surface area contributed by atoms with Gasteiger partial charge in [0.2, 0.25) is 0 Å². The van der Waals surface area contributed by atoms with Crippen LogP contribution in [0.1, 0.15) is 0 Å². The van der Waals surface area contributed by atoms with E-state index in [1.807, 2.05) is 6.07 Å². The molecule has 0 N–H and O–H groups in total. The van der Waals surface area contributed by atoms with Gasteiger partial charge in [0.05, 0.1) is 6.07 Å². The average molecular weight is 123 g/mol. The number of hydrogen-bond donors (Lipinski definition) is 0. The number of nitrogens with zero attached hydrogens (tertiary/aromatic N) is 3. The predicted molar refractivity (Wildman–Crippen MR) is 31.1 cm³/mol. The molecule has 0 aromatic rings. The smallest absolute Gasteiger partial charge is 0.305 e.